The van der Waals surface area contributed by atoms with Gasteiger partial charge in [0.05, 0.1) is 11.9 Å². The van der Waals surface area contributed by atoms with Crippen molar-refractivity contribution in [2.45, 2.75) is 27.2 Å². The van der Waals surface area contributed by atoms with Gasteiger partial charge in [-0.2, -0.15) is 0 Å². The van der Waals surface area contributed by atoms with E-state index in [4.69, 9.17) is 4.74 Å². The van der Waals surface area contributed by atoms with Crippen LogP contribution in [0.25, 0.3) is 10.9 Å². The highest BCUT2D eigenvalue weighted by molar-refractivity contribution is 6.04. The first-order valence-corrected chi connectivity index (χ1v) is 10.3. The molecule has 5 nitrogen and oxygen atoms in total. The number of esters is 1. The summed E-state index contributed by atoms with van der Waals surface area (Å²) >= 11 is 0. The number of aromatic nitrogens is 1. The average molecular weight is 425 g/mol. The molecule has 4 aromatic rings. The van der Waals surface area contributed by atoms with Gasteiger partial charge in [-0.15, -0.1) is 0 Å². The first kappa shape index (κ1) is 21.2. The molecule has 5 heteroatoms. The Morgan fingerprint density at radius 3 is 2.19 bits per heavy atom. The van der Waals surface area contributed by atoms with E-state index in [9.17, 15) is 14.4 Å². The van der Waals surface area contributed by atoms with Gasteiger partial charge in [-0.1, -0.05) is 29.3 Å². The molecule has 0 aliphatic rings. The van der Waals surface area contributed by atoms with Crippen LogP contribution in [0.5, 0.6) is 5.75 Å². The van der Waals surface area contributed by atoms with Crippen molar-refractivity contribution in [3.05, 3.63) is 100 Å². The third-order valence-corrected chi connectivity index (χ3v) is 5.56. The van der Waals surface area contributed by atoms with E-state index in [1.807, 2.05) is 63.2 Å². The summed E-state index contributed by atoms with van der Waals surface area (Å²) in [5.41, 5.74) is 5.45. The number of aryl methyl sites for hydroxylation is 2. The molecule has 0 amide bonds. The Bertz CT molecular complexity index is 1330. The molecule has 0 aliphatic heterocycles. The number of benzene rings is 3. The summed E-state index contributed by atoms with van der Waals surface area (Å²) in [5, 5.41) is 0.858. The minimum Gasteiger partial charge on any atom is -0.426 e. The molecular weight excluding hydrogens is 402 g/mol. The van der Waals surface area contributed by atoms with Gasteiger partial charge in [-0.05, 0) is 74.9 Å². The van der Waals surface area contributed by atoms with Crippen molar-refractivity contribution in [2.75, 3.05) is 0 Å². The highest BCUT2D eigenvalue weighted by Crippen LogP contribution is 2.29. The molecule has 0 saturated heterocycles. The first-order valence-electron chi connectivity index (χ1n) is 10.3. The summed E-state index contributed by atoms with van der Waals surface area (Å²) in [6.45, 7) is 5.80. The SMILES string of the molecule is Cc1ccc(C(=O)n2c(C)c(CC(=O)Oc3ccc(C=O)cc3)c3cc(C)ccc32)cc1. The molecule has 1 heterocycles. The highest BCUT2D eigenvalue weighted by Gasteiger charge is 2.22. The molecule has 32 heavy (non-hydrogen) atoms. The summed E-state index contributed by atoms with van der Waals surface area (Å²) in [7, 11) is 0. The Balaban J connectivity index is 1.70. The van der Waals surface area contributed by atoms with Gasteiger partial charge >= 0.3 is 5.97 Å². The number of carbonyl (C=O) groups excluding carboxylic acids is 3. The molecule has 160 valence electrons. The van der Waals surface area contributed by atoms with Crippen LogP contribution in [0.4, 0.5) is 0 Å². The van der Waals surface area contributed by atoms with Crippen LogP contribution >= 0.6 is 0 Å². The van der Waals surface area contributed by atoms with E-state index in [0.717, 1.165) is 33.9 Å². The predicted octanol–water partition coefficient (Wildman–Crippen LogP) is 5.22. The lowest BCUT2D eigenvalue weighted by Gasteiger charge is -2.08. The summed E-state index contributed by atoms with van der Waals surface area (Å²) < 4.78 is 7.14. The van der Waals surface area contributed by atoms with Crippen molar-refractivity contribution in [1.29, 1.82) is 0 Å². The van der Waals surface area contributed by atoms with E-state index >= 15 is 0 Å². The van der Waals surface area contributed by atoms with Crippen LogP contribution in [-0.4, -0.2) is 22.7 Å². The zero-order valence-electron chi connectivity index (χ0n) is 18.2. The van der Waals surface area contributed by atoms with Gasteiger partial charge in [0.2, 0.25) is 0 Å². The normalized spacial score (nSPS) is 10.8. The lowest BCUT2D eigenvalue weighted by molar-refractivity contribution is -0.133. The fourth-order valence-corrected chi connectivity index (χ4v) is 3.83. The Hall–Kier alpha value is -3.99. The van der Waals surface area contributed by atoms with Crippen molar-refractivity contribution in [1.82, 2.24) is 4.57 Å². The minimum absolute atomic E-state index is 0.0232. The average Bonchev–Trinajstić information content (AvgIpc) is 3.05. The minimum atomic E-state index is -0.435. The lowest BCUT2D eigenvalue weighted by Crippen LogP contribution is -2.15. The van der Waals surface area contributed by atoms with E-state index in [1.54, 1.807) is 28.8 Å². The number of hydrogen-bond acceptors (Lipinski definition) is 4. The molecule has 0 N–H and O–H groups in total. The maximum atomic E-state index is 13.3. The maximum absolute atomic E-state index is 13.3. The fraction of sp³-hybridized carbons (Fsp3) is 0.148. The summed E-state index contributed by atoms with van der Waals surface area (Å²) in [5.74, 6) is -0.204. The predicted molar refractivity (Wildman–Crippen MR) is 123 cm³/mol. The quantitative estimate of drug-likeness (QED) is 0.250. The Kier molecular flexibility index (Phi) is 5.73. The van der Waals surface area contributed by atoms with Crippen LogP contribution in [0, 0.1) is 20.8 Å². The smallest absolute Gasteiger partial charge is 0.315 e. The topological polar surface area (TPSA) is 65.4 Å². The third-order valence-electron chi connectivity index (χ3n) is 5.56. The van der Waals surface area contributed by atoms with Crippen LogP contribution < -0.4 is 4.74 Å². The molecule has 1 aromatic heterocycles. The van der Waals surface area contributed by atoms with Gasteiger partial charge < -0.3 is 4.74 Å². The van der Waals surface area contributed by atoms with Gasteiger partial charge in [0.1, 0.15) is 12.0 Å². The summed E-state index contributed by atoms with van der Waals surface area (Å²) in [6, 6.07) is 19.7. The third kappa shape index (κ3) is 4.10. The van der Waals surface area contributed by atoms with Crippen molar-refractivity contribution < 1.29 is 19.1 Å². The van der Waals surface area contributed by atoms with E-state index in [0.29, 0.717) is 22.6 Å². The Morgan fingerprint density at radius 1 is 0.875 bits per heavy atom. The second kappa shape index (κ2) is 8.63. The molecule has 0 radical (unpaired) electrons. The molecule has 0 unspecified atom stereocenters. The standard InChI is InChI=1S/C27H23NO4/c1-17-4-9-21(10-5-17)27(31)28-19(3)23(24-14-18(2)6-13-25(24)28)15-26(30)32-22-11-7-20(16-29)8-12-22/h4-14,16H,15H2,1-3H3. The molecule has 0 fully saturated rings. The molecular formula is C27H23NO4. The monoisotopic (exact) mass is 425 g/mol. The fourth-order valence-electron chi connectivity index (χ4n) is 3.83. The first-order chi connectivity index (χ1) is 15.4. The van der Waals surface area contributed by atoms with Gasteiger partial charge in [-0.25, -0.2) is 0 Å². The molecule has 4 rings (SSSR count). The van der Waals surface area contributed by atoms with E-state index in [2.05, 4.69) is 0 Å². The van der Waals surface area contributed by atoms with Crippen LogP contribution in [0.2, 0.25) is 0 Å². The number of ether oxygens (including phenoxy) is 1. The number of rotatable bonds is 5. The summed E-state index contributed by atoms with van der Waals surface area (Å²) in [4.78, 5) is 36.9. The van der Waals surface area contributed by atoms with Gasteiger partial charge in [0.25, 0.3) is 5.91 Å². The van der Waals surface area contributed by atoms with E-state index < -0.39 is 5.97 Å². The molecule has 0 spiro atoms. The number of carbonyl (C=O) groups is 3. The Labute approximate surface area is 186 Å². The van der Waals surface area contributed by atoms with Crippen molar-refractivity contribution >= 4 is 29.1 Å². The highest BCUT2D eigenvalue weighted by atomic mass is 16.5. The van der Waals surface area contributed by atoms with Gasteiger partial charge in [-0.3, -0.25) is 19.0 Å². The number of fused-ring (bicyclic) bond motifs is 1. The number of nitrogens with zero attached hydrogens (tertiary/aromatic N) is 1. The number of aldehydes is 1. The molecule has 0 saturated carbocycles. The van der Waals surface area contributed by atoms with Crippen molar-refractivity contribution in [3.63, 3.8) is 0 Å². The van der Waals surface area contributed by atoms with Crippen LogP contribution in [0.1, 0.15) is 43.1 Å². The van der Waals surface area contributed by atoms with Crippen LogP contribution in [-0.2, 0) is 11.2 Å². The van der Waals surface area contributed by atoms with E-state index in [1.165, 1.54) is 0 Å². The van der Waals surface area contributed by atoms with Crippen LogP contribution in [0.3, 0.4) is 0 Å². The zero-order valence-corrected chi connectivity index (χ0v) is 18.2. The number of hydrogen-bond donors (Lipinski definition) is 0. The Morgan fingerprint density at radius 2 is 1.53 bits per heavy atom. The largest absolute Gasteiger partial charge is 0.426 e. The maximum Gasteiger partial charge on any atom is 0.315 e. The van der Waals surface area contributed by atoms with Gasteiger partial charge in [0, 0.05) is 22.2 Å². The second-order valence-electron chi connectivity index (χ2n) is 7.93. The van der Waals surface area contributed by atoms with Crippen molar-refractivity contribution in [2.24, 2.45) is 0 Å². The summed E-state index contributed by atoms with van der Waals surface area (Å²) in [6.07, 6.45) is 0.757. The lowest BCUT2D eigenvalue weighted by atomic mass is 10.1. The molecule has 0 bridgehead atoms. The second-order valence-corrected chi connectivity index (χ2v) is 7.93. The zero-order chi connectivity index (χ0) is 22.8. The van der Waals surface area contributed by atoms with Crippen molar-refractivity contribution in [3.8, 4) is 5.75 Å². The van der Waals surface area contributed by atoms with Gasteiger partial charge in [0.15, 0.2) is 0 Å². The molecule has 0 atom stereocenters. The molecule has 3 aromatic carbocycles. The molecule has 0 aliphatic carbocycles. The van der Waals surface area contributed by atoms with Crippen LogP contribution in [0.15, 0.2) is 66.7 Å². The van der Waals surface area contributed by atoms with E-state index in [-0.39, 0.29) is 12.3 Å².